The smallest absolute Gasteiger partial charge is 0.323 e. The number of hydrogen-bond donors (Lipinski definition) is 1. The fourth-order valence-corrected chi connectivity index (χ4v) is 3.62. The summed E-state index contributed by atoms with van der Waals surface area (Å²) in [4.78, 5) is 24.4. The molecule has 2 fully saturated rings. The topological polar surface area (TPSA) is 57.6 Å². The number of amides is 1. The average molecular weight is 285 g/mol. The van der Waals surface area contributed by atoms with Gasteiger partial charge in [-0.15, -0.1) is 0 Å². The highest BCUT2D eigenvalue weighted by atomic mass is 32.2. The van der Waals surface area contributed by atoms with Crippen LogP contribution >= 0.6 is 24.0 Å². The molecule has 18 heavy (non-hydrogen) atoms. The molecule has 0 radical (unpaired) electrons. The van der Waals surface area contributed by atoms with E-state index in [1.54, 1.807) is 0 Å². The zero-order valence-electron chi connectivity index (χ0n) is 9.92. The zero-order valence-corrected chi connectivity index (χ0v) is 11.6. The third-order valence-corrected chi connectivity index (χ3v) is 4.60. The molecular weight excluding hydrogens is 270 g/mol. The maximum Gasteiger partial charge on any atom is 0.323 e. The normalized spacial score (nSPS) is 24.0. The van der Waals surface area contributed by atoms with Crippen LogP contribution in [0.1, 0.15) is 32.1 Å². The van der Waals surface area contributed by atoms with E-state index < -0.39 is 5.97 Å². The first-order chi connectivity index (χ1) is 8.58. The summed E-state index contributed by atoms with van der Waals surface area (Å²) >= 11 is 6.27. The molecule has 0 unspecified atom stereocenters. The molecule has 0 aromatic rings. The van der Waals surface area contributed by atoms with E-state index in [9.17, 15) is 9.59 Å². The van der Waals surface area contributed by atoms with Crippen LogP contribution in [0.4, 0.5) is 0 Å². The minimum atomic E-state index is -1.04. The van der Waals surface area contributed by atoms with Gasteiger partial charge in [0.05, 0.1) is 4.91 Å². The molecule has 2 aliphatic rings. The molecule has 0 atom stereocenters. The van der Waals surface area contributed by atoms with E-state index in [0.717, 1.165) is 17.7 Å². The highest BCUT2D eigenvalue weighted by Gasteiger charge is 2.33. The van der Waals surface area contributed by atoms with Crippen LogP contribution in [0, 0.1) is 5.92 Å². The Morgan fingerprint density at radius 3 is 2.72 bits per heavy atom. The Hall–Kier alpha value is -0.880. The lowest BCUT2D eigenvalue weighted by molar-refractivity contribution is -0.140. The van der Waals surface area contributed by atoms with Crippen molar-refractivity contribution in [2.45, 2.75) is 32.1 Å². The lowest BCUT2D eigenvalue weighted by Gasteiger charge is -2.18. The van der Waals surface area contributed by atoms with E-state index in [4.69, 9.17) is 17.3 Å². The van der Waals surface area contributed by atoms with Crippen molar-refractivity contribution in [3.63, 3.8) is 0 Å². The maximum atomic E-state index is 12.0. The standard InChI is InChI=1S/C12H15NO3S2/c14-10(15)7-13-11(16)9(18-12(13)17)6-8-4-2-1-3-5-8/h6,8H,1-5,7H2,(H,14,15). The molecular formula is C12H15NO3S2. The number of thioether (sulfide) groups is 1. The first-order valence-corrected chi connectivity index (χ1v) is 7.27. The van der Waals surface area contributed by atoms with Crippen molar-refractivity contribution < 1.29 is 14.7 Å². The molecule has 0 aromatic carbocycles. The van der Waals surface area contributed by atoms with Gasteiger partial charge >= 0.3 is 5.97 Å². The molecule has 1 aliphatic carbocycles. The van der Waals surface area contributed by atoms with Gasteiger partial charge in [-0.3, -0.25) is 14.5 Å². The van der Waals surface area contributed by atoms with Gasteiger partial charge in [0.25, 0.3) is 5.91 Å². The Morgan fingerprint density at radius 1 is 1.44 bits per heavy atom. The van der Waals surface area contributed by atoms with Gasteiger partial charge < -0.3 is 5.11 Å². The van der Waals surface area contributed by atoms with Gasteiger partial charge in [-0.25, -0.2) is 0 Å². The predicted octanol–water partition coefficient (Wildman–Crippen LogP) is 2.40. The molecule has 0 aromatic heterocycles. The summed E-state index contributed by atoms with van der Waals surface area (Å²) in [5.74, 6) is -0.846. The number of nitrogens with zero attached hydrogens (tertiary/aromatic N) is 1. The summed E-state index contributed by atoms with van der Waals surface area (Å²) in [5, 5.41) is 8.73. The second kappa shape index (κ2) is 5.84. The van der Waals surface area contributed by atoms with E-state index in [2.05, 4.69) is 0 Å². The first kappa shape index (κ1) is 13.5. The van der Waals surface area contributed by atoms with Gasteiger partial charge in [0.2, 0.25) is 0 Å². The number of rotatable bonds is 3. The minimum Gasteiger partial charge on any atom is -0.480 e. The van der Waals surface area contributed by atoms with Crippen molar-refractivity contribution >= 4 is 40.2 Å². The Balaban J connectivity index is 2.06. The Morgan fingerprint density at radius 2 is 2.11 bits per heavy atom. The predicted molar refractivity (Wildman–Crippen MR) is 74.2 cm³/mol. The largest absolute Gasteiger partial charge is 0.480 e. The van der Waals surface area contributed by atoms with Crippen LogP contribution in [0.2, 0.25) is 0 Å². The van der Waals surface area contributed by atoms with Crippen molar-refractivity contribution in [2.75, 3.05) is 6.54 Å². The quantitative estimate of drug-likeness (QED) is 0.637. The van der Waals surface area contributed by atoms with Gasteiger partial charge in [-0.1, -0.05) is 49.3 Å². The van der Waals surface area contributed by atoms with Crippen LogP contribution in [-0.2, 0) is 9.59 Å². The van der Waals surface area contributed by atoms with Crippen LogP contribution in [-0.4, -0.2) is 32.7 Å². The molecule has 98 valence electrons. The van der Waals surface area contributed by atoms with Gasteiger partial charge in [0.1, 0.15) is 10.9 Å². The highest BCUT2D eigenvalue weighted by Crippen LogP contribution is 2.34. The van der Waals surface area contributed by atoms with E-state index in [1.807, 2.05) is 6.08 Å². The molecule has 1 amide bonds. The summed E-state index contributed by atoms with van der Waals surface area (Å²) < 4.78 is 0.351. The number of thiocarbonyl (C=S) groups is 1. The summed E-state index contributed by atoms with van der Waals surface area (Å²) in [6.45, 7) is -0.341. The van der Waals surface area contributed by atoms with E-state index in [-0.39, 0.29) is 12.5 Å². The number of carboxylic acid groups (broad SMARTS) is 1. The zero-order chi connectivity index (χ0) is 13.1. The molecule has 4 nitrogen and oxygen atoms in total. The summed E-state index contributed by atoms with van der Waals surface area (Å²) in [6.07, 6.45) is 7.89. The number of aliphatic carboxylic acids is 1. The van der Waals surface area contributed by atoms with Crippen LogP contribution < -0.4 is 0 Å². The number of allylic oxidation sites excluding steroid dienone is 1. The van der Waals surface area contributed by atoms with E-state index in [0.29, 0.717) is 15.1 Å². The van der Waals surface area contributed by atoms with Gasteiger partial charge in [0.15, 0.2) is 0 Å². The SMILES string of the molecule is O=C(O)CN1C(=O)C(=CC2CCCCC2)SC1=S. The van der Waals surface area contributed by atoms with Crippen LogP contribution in [0.3, 0.4) is 0 Å². The minimum absolute atomic E-state index is 0.252. The maximum absolute atomic E-state index is 12.0. The van der Waals surface area contributed by atoms with Gasteiger partial charge in [-0.05, 0) is 18.8 Å². The second-order valence-corrected chi connectivity index (χ2v) is 6.26. The fourth-order valence-electron chi connectivity index (χ4n) is 2.30. The summed E-state index contributed by atoms with van der Waals surface area (Å²) in [7, 11) is 0. The number of hydrogen-bond acceptors (Lipinski definition) is 4. The van der Waals surface area contributed by atoms with Crippen molar-refractivity contribution in [1.29, 1.82) is 0 Å². The Bertz CT molecular complexity index is 414. The third kappa shape index (κ3) is 3.11. The monoisotopic (exact) mass is 285 g/mol. The highest BCUT2D eigenvalue weighted by molar-refractivity contribution is 8.26. The lowest BCUT2D eigenvalue weighted by atomic mass is 9.89. The first-order valence-electron chi connectivity index (χ1n) is 6.05. The molecule has 1 N–H and O–H groups in total. The number of carboxylic acids is 1. The Labute approximate surface area is 115 Å². The molecule has 2 rings (SSSR count). The molecule has 0 bridgehead atoms. The summed E-state index contributed by atoms with van der Waals surface area (Å²) in [5.41, 5.74) is 0. The molecule has 1 saturated heterocycles. The third-order valence-electron chi connectivity index (χ3n) is 3.20. The van der Waals surface area contributed by atoms with Crippen LogP contribution in [0.25, 0.3) is 0 Å². The molecule has 1 saturated carbocycles. The van der Waals surface area contributed by atoms with Gasteiger partial charge in [0, 0.05) is 0 Å². The van der Waals surface area contributed by atoms with Crippen LogP contribution in [0.5, 0.6) is 0 Å². The molecule has 6 heteroatoms. The molecule has 1 heterocycles. The Kier molecular flexibility index (Phi) is 4.40. The lowest BCUT2D eigenvalue weighted by Crippen LogP contribution is -2.33. The molecule has 0 spiro atoms. The van der Waals surface area contributed by atoms with E-state index in [1.165, 1.54) is 31.0 Å². The van der Waals surface area contributed by atoms with Crippen molar-refractivity contribution in [1.82, 2.24) is 4.90 Å². The number of carbonyl (C=O) groups is 2. The van der Waals surface area contributed by atoms with Crippen molar-refractivity contribution in [2.24, 2.45) is 5.92 Å². The summed E-state index contributed by atoms with van der Waals surface area (Å²) in [6, 6.07) is 0. The molecule has 1 aliphatic heterocycles. The second-order valence-electron chi connectivity index (χ2n) is 4.58. The fraction of sp³-hybridized carbons (Fsp3) is 0.583. The van der Waals surface area contributed by atoms with Crippen molar-refractivity contribution in [3.05, 3.63) is 11.0 Å². The van der Waals surface area contributed by atoms with Gasteiger partial charge in [-0.2, -0.15) is 0 Å². The average Bonchev–Trinajstić information content (AvgIpc) is 2.58. The van der Waals surface area contributed by atoms with E-state index >= 15 is 0 Å². The van der Waals surface area contributed by atoms with Crippen LogP contribution in [0.15, 0.2) is 11.0 Å². The van der Waals surface area contributed by atoms with Crippen molar-refractivity contribution in [3.8, 4) is 0 Å². The number of carbonyl (C=O) groups excluding carboxylic acids is 1.